The van der Waals surface area contributed by atoms with Gasteiger partial charge in [-0.2, -0.15) is 0 Å². The topological polar surface area (TPSA) is 86.8 Å². The van der Waals surface area contributed by atoms with Crippen LogP contribution in [0.5, 0.6) is 0 Å². The minimum absolute atomic E-state index is 0.0182. The Kier molecular flexibility index (Phi) is 7.29. The van der Waals surface area contributed by atoms with Crippen molar-refractivity contribution >= 4 is 21.7 Å². The van der Waals surface area contributed by atoms with Gasteiger partial charge in [-0.15, -0.1) is 0 Å². The molecule has 1 aromatic carbocycles. The summed E-state index contributed by atoms with van der Waals surface area (Å²) in [6.07, 6.45) is 2.47. The van der Waals surface area contributed by atoms with E-state index in [1.165, 1.54) is 0 Å². The van der Waals surface area contributed by atoms with Gasteiger partial charge < -0.3 is 10.2 Å². The number of carbonyl (C=O) groups is 2. The van der Waals surface area contributed by atoms with E-state index in [0.29, 0.717) is 32.7 Å². The molecule has 29 heavy (non-hydrogen) atoms. The maximum Gasteiger partial charge on any atom is 0.244 e. The molecule has 7 nitrogen and oxygen atoms in total. The second kappa shape index (κ2) is 9.71. The minimum atomic E-state index is -3.03. The van der Waals surface area contributed by atoms with Gasteiger partial charge in [-0.05, 0) is 24.8 Å². The monoisotopic (exact) mass is 421 g/mol. The van der Waals surface area contributed by atoms with E-state index in [0.717, 1.165) is 24.8 Å². The molecule has 2 saturated heterocycles. The number of hydrogen-bond donors (Lipinski definition) is 1. The van der Waals surface area contributed by atoms with Crippen LogP contribution in [0.2, 0.25) is 0 Å². The molecule has 0 spiro atoms. The number of hydrogen-bond acceptors (Lipinski definition) is 5. The largest absolute Gasteiger partial charge is 0.356 e. The van der Waals surface area contributed by atoms with Gasteiger partial charge in [0.15, 0.2) is 9.84 Å². The van der Waals surface area contributed by atoms with Crippen molar-refractivity contribution in [2.45, 2.75) is 32.2 Å². The van der Waals surface area contributed by atoms with Crippen LogP contribution >= 0.6 is 0 Å². The Morgan fingerprint density at radius 1 is 1.14 bits per heavy atom. The van der Waals surface area contributed by atoms with Gasteiger partial charge in [0.2, 0.25) is 11.8 Å². The molecule has 2 atom stereocenters. The number of amides is 2. The van der Waals surface area contributed by atoms with Crippen molar-refractivity contribution in [2.75, 3.05) is 44.2 Å². The summed E-state index contributed by atoms with van der Waals surface area (Å²) in [5.41, 5.74) is 0.870. The molecule has 1 N–H and O–H groups in total. The Balaban J connectivity index is 1.77. The van der Waals surface area contributed by atoms with E-state index in [4.69, 9.17) is 0 Å². The number of carbonyl (C=O) groups excluding carboxylic acids is 2. The maximum atomic E-state index is 13.5. The van der Waals surface area contributed by atoms with Crippen LogP contribution in [-0.4, -0.2) is 74.3 Å². The van der Waals surface area contributed by atoms with E-state index in [2.05, 4.69) is 5.32 Å². The Morgan fingerprint density at radius 3 is 2.48 bits per heavy atom. The van der Waals surface area contributed by atoms with Gasteiger partial charge in [-0.25, -0.2) is 8.42 Å². The van der Waals surface area contributed by atoms with Crippen LogP contribution in [0.1, 0.15) is 37.8 Å². The van der Waals surface area contributed by atoms with Gasteiger partial charge in [-0.3, -0.25) is 14.5 Å². The molecule has 0 bridgehead atoms. The highest BCUT2D eigenvalue weighted by molar-refractivity contribution is 7.91. The molecule has 0 aromatic heterocycles. The molecule has 2 aliphatic rings. The standard InChI is InChI=1S/C21H31N3O4S/c1-2-10-22-20(25)18-9-6-11-24(16-18)21(26)19(17-7-4-3-5-8-17)23-12-14-29(27,28)15-13-23/h3-5,7-8,18-19H,2,6,9-16H2,1H3,(H,22,25). The normalized spacial score (nSPS) is 23.3. The number of nitrogens with one attached hydrogen (secondary N) is 1. The Bertz CT molecular complexity index is 798. The summed E-state index contributed by atoms with van der Waals surface area (Å²) in [5, 5.41) is 2.94. The molecule has 0 aliphatic carbocycles. The lowest BCUT2D eigenvalue weighted by molar-refractivity contribution is -0.140. The number of nitrogens with zero attached hydrogens (tertiary/aromatic N) is 2. The third kappa shape index (κ3) is 5.57. The average Bonchev–Trinajstić information content (AvgIpc) is 2.74. The third-order valence-electron chi connectivity index (χ3n) is 5.75. The SMILES string of the molecule is CCCNC(=O)C1CCCN(C(=O)C(c2ccccc2)N2CCS(=O)(=O)CC2)C1. The van der Waals surface area contributed by atoms with E-state index < -0.39 is 15.9 Å². The summed E-state index contributed by atoms with van der Waals surface area (Å²) < 4.78 is 23.7. The third-order valence-corrected chi connectivity index (χ3v) is 7.36. The smallest absolute Gasteiger partial charge is 0.244 e. The van der Waals surface area contributed by atoms with Crippen molar-refractivity contribution in [3.8, 4) is 0 Å². The molecule has 160 valence electrons. The predicted molar refractivity (Wildman–Crippen MR) is 112 cm³/mol. The maximum absolute atomic E-state index is 13.5. The van der Waals surface area contributed by atoms with Crippen LogP contribution in [0.25, 0.3) is 0 Å². The van der Waals surface area contributed by atoms with Crippen LogP contribution in [-0.2, 0) is 19.4 Å². The summed E-state index contributed by atoms with van der Waals surface area (Å²) >= 11 is 0. The predicted octanol–water partition coefficient (Wildman–Crippen LogP) is 1.22. The molecular formula is C21H31N3O4S. The van der Waals surface area contributed by atoms with Gasteiger partial charge >= 0.3 is 0 Å². The number of rotatable bonds is 6. The number of benzene rings is 1. The first-order valence-corrected chi connectivity index (χ1v) is 12.3. The first kappa shape index (κ1) is 21.8. The lowest BCUT2D eigenvalue weighted by Crippen LogP contribution is -2.52. The lowest BCUT2D eigenvalue weighted by atomic mass is 9.95. The van der Waals surface area contributed by atoms with E-state index in [1.54, 1.807) is 4.90 Å². The Labute approximate surface area is 173 Å². The molecule has 8 heteroatoms. The molecule has 0 saturated carbocycles. The zero-order chi connectivity index (χ0) is 20.9. The first-order valence-electron chi connectivity index (χ1n) is 10.5. The Morgan fingerprint density at radius 2 is 1.83 bits per heavy atom. The highest BCUT2D eigenvalue weighted by Gasteiger charge is 2.37. The summed E-state index contributed by atoms with van der Waals surface area (Å²) in [6.45, 7) is 4.41. The quantitative estimate of drug-likeness (QED) is 0.746. The van der Waals surface area contributed by atoms with Gasteiger partial charge in [-0.1, -0.05) is 37.3 Å². The van der Waals surface area contributed by atoms with Crippen molar-refractivity contribution in [2.24, 2.45) is 5.92 Å². The van der Waals surface area contributed by atoms with Crippen molar-refractivity contribution in [1.29, 1.82) is 0 Å². The van der Waals surface area contributed by atoms with Crippen molar-refractivity contribution in [3.05, 3.63) is 35.9 Å². The van der Waals surface area contributed by atoms with Crippen LogP contribution in [0, 0.1) is 5.92 Å². The fourth-order valence-electron chi connectivity index (χ4n) is 4.09. The van der Waals surface area contributed by atoms with Crippen LogP contribution in [0.3, 0.4) is 0 Å². The summed E-state index contributed by atoms with van der Waals surface area (Å²) in [4.78, 5) is 29.7. The van der Waals surface area contributed by atoms with Crippen LogP contribution in [0.4, 0.5) is 0 Å². The fourth-order valence-corrected chi connectivity index (χ4v) is 5.32. The molecule has 0 radical (unpaired) electrons. The first-order chi connectivity index (χ1) is 13.9. The fraction of sp³-hybridized carbons (Fsp3) is 0.619. The zero-order valence-electron chi connectivity index (χ0n) is 17.0. The van der Waals surface area contributed by atoms with Gasteiger partial charge in [0.25, 0.3) is 0 Å². The van der Waals surface area contributed by atoms with Gasteiger partial charge in [0, 0.05) is 32.7 Å². The minimum Gasteiger partial charge on any atom is -0.356 e. The molecule has 2 aliphatic heterocycles. The number of sulfone groups is 1. The molecule has 2 fully saturated rings. The summed E-state index contributed by atoms with van der Waals surface area (Å²) in [6, 6.07) is 9.02. The molecule has 2 amide bonds. The molecule has 1 aromatic rings. The molecule has 2 unspecified atom stereocenters. The van der Waals surface area contributed by atoms with E-state index >= 15 is 0 Å². The van der Waals surface area contributed by atoms with E-state index in [-0.39, 0.29) is 29.2 Å². The number of piperidine rings is 1. The zero-order valence-corrected chi connectivity index (χ0v) is 17.9. The van der Waals surface area contributed by atoms with E-state index in [9.17, 15) is 18.0 Å². The highest BCUT2D eigenvalue weighted by Crippen LogP contribution is 2.28. The molecule has 3 rings (SSSR count). The number of likely N-dealkylation sites (tertiary alicyclic amines) is 1. The average molecular weight is 422 g/mol. The Hall–Kier alpha value is -1.93. The van der Waals surface area contributed by atoms with Gasteiger partial charge in [0.1, 0.15) is 6.04 Å². The van der Waals surface area contributed by atoms with Crippen molar-refractivity contribution in [1.82, 2.24) is 15.1 Å². The van der Waals surface area contributed by atoms with Crippen molar-refractivity contribution in [3.63, 3.8) is 0 Å². The van der Waals surface area contributed by atoms with Crippen molar-refractivity contribution < 1.29 is 18.0 Å². The second-order valence-electron chi connectivity index (χ2n) is 7.92. The molecular weight excluding hydrogens is 390 g/mol. The summed E-state index contributed by atoms with van der Waals surface area (Å²) in [7, 11) is -3.03. The molecule has 2 heterocycles. The van der Waals surface area contributed by atoms with E-state index in [1.807, 2.05) is 42.2 Å². The highest BCUT2D eigenvalue weighted by atomic mass is 32.2. The van der Waals surface area contributed by atoms with Crippen LogP contribution in [0.15, 0.2) is 30.3 Å². The van der Waals surface area contributed by atoms with Crippen LogP contribution < -0.4 is 5.32 Å². The second-order valence-corrected chi connectivity index (χ2v) is 10.2. The summed E-state index contributed by atoms with van der Waals surface area (Å²) in [5.74, 6) is -0.0530. The lowest BCUT2D eigenvalue weighted by Gasteiger charge is -2.39. The van der Waals surface area contributed by atoms with Gasteiger partial charge in [0.05, 0.1) is 17.4 Å².